The van der Waals surface area contributed by atoms with E-state index in [1.807, 2.05) is 28.8 Å². The first-order valence-electron chi connectivity index (χ1n) is 5.40. The summed E-state index contributed by atoms with van der Waals surface area (Å²) in [7, 11) is 0. The van der Waals surface area contributed by atoms with Crippen LogP contribution in [0.15, 0.2) is 34.9 Å². The molecule has 0 atom stereocenters. The SMILES string of the molecule is N=c1c(-c2ccc(Br)cc2)cnc2n1CCN2. The summed E-state index contributed by atoms with van der Waals surface area (Å²) in [6.07, 6.45) is 1.76. The number of anilines is 1. The van der Waals surface area contributed by atoms with Crippen LogP contribution in [0, 0.1) is 5.41 Å². The Morgan fingerprint density at radius 1 is 1.29 bits per heavy atom. The maximum absolute atomic E-state index is 8.19. The highest BCUT2D eigenvalue weighted by molar-refractivity contribution is 9.10. The lowest BCUT2D eigenvalue weighted by Crippen LogP contribution is -2.20. The third kappa shape index (κ3) is 1.76. The minimum absolute atomic E-state index is 0.516. The molecule has 5 heteroatoms. The first kappa shape index (κ1) is 10.5. The van der Waals surface area contributed by atoms with Gasteiger partial charge in [0.05, 0.1) is 0 Å². The fraction of sp³-hybridized carbons (Fsp3) is 0.167. The largest absolute Gasteiger partial charge is 0.354 e. The summed E-state index contributed by atoms with van der Waals surface area (Å²) in [4.78, 5) is 4.34. The summed E-state index contributed by atoms with van der Waals surface area (Å²) in [6, 6.07) is 7.94. The molecule has 2 heterocycles. The molecule has 0 saturated carbocycles. The van der Waals surface area contributed by atoms with Crippen LogP contribution in [0.4, 0.5) is 5.95 Å². The Morgan fingerprint density at radius 2 is 2.06 bits per heavy atom. The fourth-order valence-corrected chi connectivity index (χ4v) is 2.25. The van der Waals surface area contributed by atoms with Gasteiger partial charge in [-0.2, -0.15) is 0 Å². The Labute approximate surface area is 107 Å². The lowest BCUT2D eigenvalue weighted by atomic mass is 10.1. The van der Waals surface area contributed by atoms with Crippen molar-refractivity contribution in [3.8, 4) is 11.1 Å². The van der Waals surface area contributed by atoms with E-state index < -0.39 is 0 Å². The van der Waals surface area contributed by atoms with Crippen molar-refractivity contribution < 1.29 is 0 Å². The second-order valence-electron chi connectivity index (χ2n) is 3.93. The first-order chi connectivity index (χ1) is 8.25. The van der Waals surface area contributed by atoms with Crippen LogP contribution >= 0.6 is 15.9 Å². The van der Waals surface area contributed by atoms with Gasteiger partial charge in [-0.15, -0.1) is 0 Å². The monoisotopic (exact) mass is 290 g/mol. The van der Waals surface area contributed by atoms with Crippen molar-refractivity contribution in [2.45, 2.75) is 6.54 Å². The molecule has 1 aromatic heterocycles. The van der Waals surface area contributed by atoms with Crippen molar-refractivity contribution >= 4 is 21.9 Å². The summed E-state index contributed by atoms with van der Waals surface area (Å²) < 4.78 is 2.94. The predicted molar refractivity (Wildman–Crippen MR) is 69.7 cm³/mol. The molecule has 0 bridgehead atoms. The third-order valence-electron chi connectivity index (χ3n) is 2.87. The van der Waals surface area contributed by atoms with Gasteiger partial charge in [0.2, 0.25) is 5.95 Å². The van der Waals surface area contributed by atoms with Gasteiger partial charge in [0.15, 0.2) is 0 Å². The molecule has 17 heavy (non-hydrogen) atoms. The average molecular weight is 291 g/mol. The first-order valence-corrected chi connectivity index (χ1v) is 6.19. The lowest BCUT2D eigenvalue weighted by molar-refractivity contribution is 0.737. The fourth-order valence-electron chi connectivity index (χ4n) is 1.99. The number of halogens is 1. The summed E-state index contributed by atoms with van der Waals surface area (Å²) >= 11 is 3.41. The summed E-state index contributed by atoms with van der Waals surface area (Å²) in [6.45, 7) is 1.66. The smallest absolute Gasteiger partial charge is 0.204 e. The van der Waals surface area contributed by atoms with Crippen molar-refractivity contribution in [2.24, 2.45) is 0 Å². The zero-order chi connectivity index (χ0) is 11.8. The molecule has 1 aromatic carbocycles. The highest BCUT2D eigenvalue weighted by Gasteiger charge is 2.13. The zero-order valence-electron chi connectivity index (χ0n) is 9.07. The van der Waals surface area contributed by atoms with Gasteiger partial charge in [-0.3, -0.25) is 9.98 Å². The van der Waals surface area contributed by atoms with Crippen LogP contribution < -0.4 is 10.8 Å². The Hall–Kier alpha value is -1.62. The van der Waals surface area contributed by atoms with Crippen molar-refractivity contribution in [3.63, 3.8) is 0 Å². The summed E-state index contributed by atoms with van der Waals surface area (Å²) in [5.41, 5.74) is 2.40. The van der Waals surface area contributed by atoms with Gasteiger partial charge in [0.1, 0.15) is 5.49 Å². The maximum Gasteiger partial charge on any atom is 0.204 e. The van der Waals surface area contributed by atoms with Crippen LogP contribution in [0.25, 0.3) is 11.1 Å². The average Bonchev–Trinajstić information content (AvgIpc) is 2.80. The van der Waals surface area contributed by atoms with Crippen LogP contribution in [0.5, 0.6) is 0 Å². The summed E-state index contributed by atoms with van der Waals surface area (Å²) in [5.74, 6) is 0.788. The molecule has 1 aliphatic rings. The number of nitrogens with one attached hydrogen (secondary N) is 2. The topological polar surface area (TPSA) is 53.7 Å². The molecule has 2 N–H and O–H groups in total. The number of hydrogen-bond donors (Lipinski definition) is 2. The van der Waals surface area contributed by atoms with E-state index in [2.05, 4.69) is 26.2 Å². The molecule has 1 aliphatic heterocycles. The Kier molecular flexibility index (Phi) is 2.48. The Balaban J connectivity index is 2.16. The minimum atomic E-state index is 0.516. The molecule has 0 amide bonds. The van der Waals surface area contributed by atoms with Crippen molar-refractivity contribution in [1.29, 1.82) is 5.41 Å². The molecule has 4 nitrogen and oxygen atoms in total. The molecule has 0 fully saturated rings. The van der Waals surface area contributed by atoms with E-state index in [-0.39, 0.29) is 0 Å². The molecular weight excluding hydrogens is 280 g/mol. The quantitative estimate of drug-likeness (QED) is 0.846. The van der Waals surface area contributed by atoms with Crippen LogP contribution in [0.1, 0.15) is 0 Å². The predicted octanol–water partition coefficient (Wildman–Crippen LogP) is 2.22. The van der Waals surface area contributed by atoms with E-state index in [0.29, 0.717) is 5.49 Å². The number of hydrogen-bond acceptors (Lipinski definition) is 3. The van der Waals surface area contributed by atoms with Gasteiger partial charge in [-0.1, -0.05) is 28.1 Å². The van der Waals surface area contributed by atoms with Gasteiger partial charge in [0, 0.05) is 29.3 Å². The summed E-state index contributed by atoms with van der Waals surface area (Å²) in [5, 5.41) is 11.3. The molecule has 3 rings (SSSR count). The number of nitrogens with zero attached hydrogens (tertiary/aromatic N) is 2. The van der Waals surface area contributed by atoms with Crippen LogP contribution in [-0.4, -0.2) is 16.1 Å². The molecule has 0 spiro atoms. The number of rotatable bonds is 1. The normalized spacial score (nSPS) is 13.2. The lowest BCUT2D eigenvalue weighted by Gasteiger charge is -2.07. The van der Waals surface area contributed by atoms with Crippen LogP contribution in [0.2, 0.25) is 0 Å². The Morgan fingerprint density at radius 3 is 2.82 bits per heavy atom. The van der Waals surface area contributed by atoms with Gasteiger partial charge < -0.3 is 5.32 Å². The van der Waals surface area contributed by atoms with E-state index in [4.69, 9.17) is 5.41 Å². The molecule has 0 aliphatic carbocycles. The maximum atomic E-state index is 8.19. The number of benzene rings is 1. The zero-order valence-corrected chi connectivity index (χ0v) is 10.7. The minimum Gasteiger partial charge on any atom is -0.354 e. The van der Waals surface area contributed by atoms with Gasteiger partial charge in [-0.25, -0.2) is 4.98 Å². The Bertz CT molecular complexity index is 615. The molecule has 2 aromatic rings. The molecular formula is C12H11BrN4. The molecule has 0 unspecified atom stereocenters. The van der Waals surface area contributed by atoms with E-state index in [0.717, 1.165) is 34.6 Å². The van der Waals surface area contributed by atoms with Crippen molar-refractivity contribution in [3.05, 3.63) is 40.4 Å². The van der Waals surface area contributed by atoms with Crippen molar-refractivity contribution in [2.75, 3.05) is 11.9 Å². The molecule has 86 valence electrons. The number of aromatic nitrogens is 2. The third-order valence-corrected chi connectivity index (χ3v) is 3.40. The van der Waals surface area contributed by atoms with Crippen LogP contribution in [0.3, 0.4) is 0 Å². The van der Waals surface area contributed by atoms with Gasteiger partial charge >= 0.3 is 0 Å². The van der Waals surface area contributed by atoms with Crippen LogP contribution in [-0.2, 0) is 6.54 Å². The van der Waals surface area contributed by atoms with E-state index in [1.54, 1.807) is 6.20 Å². The highest BCUT2D eigenvalue weighted by atomic mass is 79.9. The second kappa shape index (κ2) is 4.00. The van der Waals surface area contributed by atoms with Gasteiger partial charge in [-0.05, 0) is 17.7 Å². The molecule has 0 saturated heterocycles. The number of fused-ring (bicyclic) bond motifs is 1. The highest BCUT2D eigenvalue weighted by Crippen LogP contribution is 2.19. The van der Waals surface area contributed by atoms with E-state index in [1.165, 1.54) is 0 Å². The van der Waals surface area contributed by atoms with E-state index >= 15 is 0 Å². The standard InChI is InChI=1S/C12H11BrN4/c13-9-3-1-8(2-4-9)10-7-16-12-15-5-6-17(12)11(10)14/h1-4,7,14H,5-6H2,(H,15,16). The van der Waals surface area contributed by atoms with E-state index in [9.17, 15) is 0 Å². The second-order valence-corrected chi connectivity index (χ2v) is 4.85. The van der Waals surface area contributed by atoms with Gasteiger partial charge in [0.25, 0.3) is 0 Å². The van der Waals surface area contributed by atoms with Crippen molar-refractivity contribution in [1.82, 2.24) is 9.55 Å². The molecule has 0 radical (unpaired) electrons.